The Hall–Kier alpha value is -3.09. The molecule has 0 radical (unpaired) electrons. The smallest absolute Gasteiger partial charge is 0.329 e. The Morgan fingerprint density at radius 2 is 1.62 bits per heavy atom. The van der Waals surface area contributed by atoms with Gasteiger partial charge in [0, 0.05) is 5.69 Å². The third-order valence-corrected chi connectivity index (χ3v) is 4.46. The van der Waals surface area contributed by atoms with Gasteiger partial charge in [0.25, 0.3) is 11.8 Å². The normalized spacial score (nSPS) is 13.1. The van der Waals surface area contributed by atoms with Gasteiger partial charge in [-0.25, -0.2) is 4.79 Å². The van der Waals surface area contributed by atoms with Crippen molar-refractivity contribution < 1.29 is 23.5 Å². The molecule has 0 fully saturated rings. The molecule has 0 aliphatic heterocycles. The molecular formula is C22H28N2O5. The lowest BCUT2D eigenvalue weighted by atomic mass is 10.0. The summed E-state index contributed by atoms with van der Waals surface area (Å²) < 4.78 is 10.3. The van der Waals surface area contributed by atoms with E-state index in [4.69, 9.17) is 9.15 Å². The van der Waals surface area contributed by atoms with Crippen LogP contribution in [0.3, 0.4) is 0 Å². The Balaban J connectivity index is 1.95. The molecule has 2 atom stereocenters. The number of hydrogen-bond donors (Lipinski definition) is 2. The first-order valence-electron chi connectivity index (χ1n) is 9.64. The number of furan rings is 1. The van der Waals surface area contributed by atoms with Gasteiger partial charge in [-0.1, -0.05) is 39.8 Å². The summed E-state index contributed by atoms with van der Waals surface area (Å²) in [6.07, 6.45) is 0.353. The Morgan fingerprint density at radius 3 is 2.14 bits per heavy atom. The van der Waals surface area contributed by atoms with Crippen LogP contribution in [0.15, 0.2) is 47.1 Å². The molecule has 2 amide bonds. The van der Waals surface area contributed by atoms with Crippen molar-refractivity contribution in [3.63, 3.8) is 0 Å². The second-order valence-corrected chi connectivity index (χ2v) is 7.52. The molecule has 7 heteroatoms. The van der Waals surface area contributed by atoms with Gasteiger partial charge in [-0.3, -0.25) is 9.59 Å². The molecule has 29 heavy (non-hydrogen) atoms. The minimum atomic E-state index is -1.02. The van der Waals surface area contributed by atoms with Gasteiger partial charge >= 0.3 is 5.97 Å². The first-order chi connectivity index (χ1) is 13.7. The van der Waals surface area contributed by atoms with Gasteiger partial charge < -0.3 is 19.8 Å². The number of carbonyl (C=O) groups is 3. The first-order valence-corrected chi connectivity index (χ1v) is 9.64. The lowest BCUT2D eigenvalue weighted by molar-refractivity contribution is -0.156. The number of anilines is 1. The molecule has 156 valence electrons. The molecule has 1 aromatic heterocycles. The van der Waals surface area contributed by atoms with Crippen LogP contribution in [0.25, 0.3) is 0 Å². The fraction of sp³-hybridized carbons (Fsp3) is 0.409. The van der Waals surface area contributed by atoms with Crippen LogP contribution in [-0.4, -0.2) is 29.9 Å². The summed E-state index contributed by atoms with van der Waals surface area (Å²) in [5.41, 5.74) is 1.78. The van der Waals surface area contributed by atoms with Crippen molar-refractivity contribution in [2.24, 2.45) is 5.92 Å². The van der Waals surface area contributed by atoms with Crippen LogP contribution in [0.4, 0.5) is 5.69 Å². The summed E-state index contributed by atoms with van der Waals surface area (Å²) in [6, 6.07) is 9.67. The van der Waals surface area contributed by atoms with Crippen LogP contribution in [0.2, 0.25) is 0 Å². The van der Waals surface area contributed by atoms with E-state index in [1.54, 1.807) is 19.9 Å². The van der Waals surface area contributed by atoms with Crippen molar-refractivity contribution >= 4 is 23.5 Å². The molecule has 0 saturated heterocycles. The van der Waals surface area contributed by atoms with Crippen molar-refractivity contribution in [2.45, 2.75) is 52.7 Å². The van der Waals surface area contributed by atoms with Crippen LogP contribution in [0, 0.1) is 5.92 Å². The summed E-state index contributed by atoms with van der Waals surface area (Å²) in [5.74, 6) is -1.40. The number of amides is 2. The maximum atomic E-state index is 12.5. The van der Waals surface area contributed by atoms with Gasteiger partial charge in [-0.05, 0) is 48.6 Å². The lowest BCUT2D eigenvalue weighted by Gasteiger charge is -2.22. The van der Waals surface area contributed by atoms with Gasteiger partial charge in [-0.15, -0.1) is 0 Å². The molecule has 0 bridgehead atoms. The molecule has 2 N–H and O–H groups in total. The van der Waals surface area contributed by atoms with Crippen molar-refractivity contribution in [3.8, 4) is 0 Å². The van der Waals surface area contributed by atoms with E-state index in [1.165, 1.54) is 19.3 Å². The van der Waals surface area contributed by atoms with Crippen molar-refractivity contribution in [3.05, 3.63) is 54.0 Å². The number of rotatable bonds is 8. The predicted molar refractivity (Wildman–Crippen MR) is 110 cm³/mol. The standard InChI is InChI=1S/C22H28N2O5/c1-13(2)16-8-10-17(11-9-16)23-20(25)15(5)29-22(27)19(14(3)4)24-21(26)18-7-6-12-28-18/h6-15,19H,1-5H3,(H,23,25)(H,24,26)/t15-,19+/m1/s1. The summed E-state index contributed by atoms with van der Waals surface area (Å²) in [4.78, 5) is 37.1. The van der Waals surface area contributed by atoms with E-state index >= 15 is 0 Å². The van der Waals surface area contributed by atoms with E-state index in [2.05, 4.69) is 24.5 Å². The van der Waals surface area contributed by atoms with E-state index in [-0.39, 0.29) is 11.7 Å². The molecule has 2 rings (SSSR count). The fourth-order valence-electron chi connectivity index (χ4n) is 2.61. The highest BCUT2D eigenvalue weighted by Gasteiger charge is 2.29. The number of ether oxygens (including phenoxy) is 1. The monoisotopic (exact) mass is 400 g/mol. The van der Waals surface area contributed by atoms with Crippen molar-refractivity contribution in [1.82, 2.24) is 5.32 Å². The molecule has 0 spiro atoms. The maximum Gasteiger partial charge on any atom is 0.329 e. The molecule has 1 aromatic carbocycles. The summed E-state index contributed by atoms with van der Waals surface area (Å²) in [6.45, 7) is 9.21. The number of carbonyl (C=O) groups excluding carboxylic acids is 3. The molecule has 1 heterocycles. The van der Waals surface area contributed by atoms with Crippen molar-refractivity contribution in [1.29, 1.82) is 0 Å². The molecular weight excluding hydrogens is 372 g/mol. The van der Waals surface area contributed by atoms with Gasteiger partial charge in [0.1, 0.15) is 6.04 Å². The third-order valence-electron chi connectivity index (χ3n) is 4.46. The van der Waals surface area contributed by atoms with E-state index in [1.807, 2.05) is 24.3 Å². The Kier molecular flexibility index (Phi) is 7.59. The Morgan fingerprint density at radius 1 is 0.966 bits per heavy atom. The summed E-state index contributed by atoms with van der Waals surface area (Å²) in [7, 11) is 0. The molecule has 0 aliphatic rings. The molecule has 0 aliphatic carbocycles. The highest BCUT2D eigenvalue weighted by molar-refractivity contribution is 5.97. The number of benzene rings is 1. The minimum Gasteiger partial charge on any atom is -0.459 e. The summed E-state index contributed by atoms with van der Waals surface area (Å²) in [5, 5.41) is 5.32. The van der Waals surface area contributed by atoms with E-state index in [0.717, 1.165) is 5.56 Å². The molecule has 0 saturated carbocycles. The van der Waals surface area contributed by atoms with Crippen LogP contribution in [0.5, 0.6) is 0 Å². The number of esters is 1. The quantitative estimate of drug-likeness (QED) is 0.658. The first kappa shape index (κ1) is 22.2. The zero-order valence-corrected chi connectivity index (χ0v) is 17.4. The Labute approximate surface area is 170 Å². The van der Waals surface area contributed by atoms with Gasteiger partial charge in [0.15, 0.2) is 11.9 Å². The van der Waals surface area contributed by atoms with Crippen LogP contribution in [0.1, 0.15) is 56.7 Å². The van der Waals surface area contributed by atoms with Crippen molar-refractivity contribution in [2.75, 3.05) is 5.32 Å². The Bertz CT molecular complexity index is 825. The topological polar surface area (TPSA) is 97.6 Å². The average Bonchev–Trinajstić information content (AvgIpc) is 3.20. The van der Waals surface area contributed by atoms with Gasteiger partial charge in [0.05, 0.1) is 6.26 Å². The SMILES string of the molecule is CC(C)c1ccc(NC(=O)[C@@H](C)OC(=O)[C@@H](NC(=O)c2ccco2)C(C)C)cc1. The third kappa shape index (κ3) is 6.20. The van der Waals surface area contributed by atoms with Crippen LogP contribution in [-0.2, 0) is 14.3 Å². The maximum absolute atomic E-state index is 12.5. The fourth-order valence-corrected chi connectivity index (χ4v) is 2.61. The second kappa shape index (κ2) is 9.91. The summed E-state index contributed by atoms with van der Waals surface area (Å²) >= 11 is 0. The predicted octanol–water partition coefficient (Wildman–Crippen LogP) is 3.73. The highest BCUT2D eigenvalue weighted by atomic mass is 16.5. The van der Waals surface area contributed by atoms with E-state index in [9.17, 15) is 14.4 Å². The van der Waals surface area contributed by atoms with E-state index in [0.29, 0.717) is 11.6 Å². The highest BCUT2D eigenvalue weighted by Crippen LogP contribution is 2.17. The molecule has 2 aromatic rings. The molecule has 0 unspecified atom stereocenters. The minimum absolute atomic E-state index is 0.0964. The second-order valence-electron chi connectivity index (χ2n) is 7.52. The zero-order chi connectivity index (χ0) is 21.6. The number of hydrogen-bond acceptors (Lipinski definition) is 5. The molecule has 7 nitrogen and oxygen atoms in total. The largest absolute Gasteiger partial charge is 0.459 e. The zero-order valence-electron chi connectivity index (χ0n) is 17.4. The van der Waals surface area contributed by atoms with Gasteiger partial charge in [-0.2, -0.15) is 0 Å². The average molecular weight is 400 g/mol. The van der Waals surface area contributed by atoms with Crippen LogP contribution < -0.4 is 10.6 Å². The van der Waals surface area contributed by atoms with E-state index < -0.39 is 29.9 Å². The lowest BCUT2D eigenvalue weighted by Crippen LogP contribution is -2.47. The van der Waals surface area contributed by atoms with Gasteiger partial charge in [0.2, 0.25) is 0 Å². The number of nitrogens with one attached hydrogen (secondary N) is 2. The van der Waals surface area contributed by atoms with Crippen LogP contribution >= 0.6 is 0 Å².